The Morgan fingerprint density at radius 1 is 0.966 bits per heavy atom. The fourth-order valence-electron chi connectivity index (χ4n) is 3.32. The normalized spacial score (nSPS) is 10.9. The quantitative estimate of drug-likeness (QED) is 0.455. The van der Waals surface area contributed by atoms with Gasteiger partial charge in [0.25, 0.3) is 5.91 Å². The average Bonchev–Trinajstić information content (AvgIpc) is 3.11. The van der Waals surface area contributed by atoms with E-state index in [-0.39, 0.29) is 5.91 Å². The number of nitrogens with one attached hydrogen (secondary N) is 1. The molecule has 2 heterocycles. The van der Waals surface area contributed by atoms with Crippen LogP contribution in [0.2, 0.25) is 0 Å². The summed E-state index contributed by atoms with van der Waals surface area (Å²) in [5, 5.41) is 2.99. The number of hydrogen-bond donors (Lipinski definition) is 1. The minimum atomic E-state index is -0.0827. The van der Waals surface area contributed by atoms with Crippen molar-refractivity contribution >= 4 is 33.0 Å². The molecule has 2 aromatic heterocycles. The zero-order chi connectivity index (χ0) is 20.1. The Labute approximate surface area is 177 Å². The lowest BCUT2D eigenvalue weighted by molar-refractivity contribution is 0.0952. The third-order valence-corrected chi connectivity index (χ3v) is 5.32. The van der Waals surface area contributed by atoms with Crippen LogP contribution in [-0.2, 0) is 19.4 Å². The molecular weight excluding hydrogens is 428 g/mol. The van der Waals surface area contributed by atoms with E-state index in [2.05, 4.69) is 55.1 Å². The Bertz CT molecular complexity index is 1110. The molecule has 0 saturated heterocycles. The highest BCUT2D eigenvalue weighted by atomic mass is 79.9. The van der Waals surface area contributed by atoms with E-state index in [1.807, 2.05) is 30.3 Å². The molecule has 2 aromatic carbocycles. The number of benzene rings is 2. The highest BCUT2D eigenvalue weighted by Crippen LogP contribution is 2.16. The van der Waals surface area contributed by atoms with E-state index in [9.17, 15) is 4.79 Å². The van der Waals surface area contributed by atoms with Gasteiger partial charge in [0, 0.05) is 35.7 Å². The van der Waals surface area contributed by atoms with Crippen molar-refractivity contribution in [3.63, 3.8) is 0 Å². The smallest absolute Gasteiger partial charge is 0.251 e. The summed E-state index contributed by atoms with van der Waals surface area (Å²) in [6.07, 6.45) is 3.51. The first kappa shape index (κ1) is 19.3. The predicted molar refractivity (Wildman–Crippen MR) is 118 cm³/mol. The van der Waals surface area contributed by atoms with Gasteiger partial charge in [0.05, 0.1) is 0 Å². The fraction of sp³-hybridized carbons (Fsp3) is 0.174. The topological polar surface area (TPSA) is 59.8 Å². The highest BCUT2D eigenvalue weighted by Gasteiger charge is 2.12. The standard InChI is InChI=1S/C23H21BrN4O/c24-19-11-9-18(10-12-19)23(29)26-15-16-28-21(13-8-17-5-2-1-3-6-17)27-20-7-4-14-25-22(20)28/h1-7,9-12,14H,8,13,15-16H2,(H,26,29). The molecule has 0 spiro atoms. The molecular formula is C23H21BrN4O. The zero-order valence-corrected chi connectivity index (χ0v) is 17.5. The first-order valence-electron chi connectivity index (χ1n) is 9.58. The molecule has 0 bridgehead atoms. The lowest BCUT2D eigenvalue weighted by Crippen LogP contribution is -2.27. The third-order valence-electron chi connectivity index (χ3n) is 4.79. The van der Waals surface area contributed by atoms with Gasteiger partial charge < -0.3 is 9.88 Å². The van der Waals surface area contributed by atoms with Crippen LogP contribution < -0.4 is 5.32 Å². The summed E-state index contributed by atoms with van der Waals surface area (Å²) in [5.41, 5.74) is 3.66. The van der Waals surface area contributed by atoms with Gasteiger partial charge in [-0.1, -0.05) is 46.3 Å². The number of fused-ring (bicyclic) bond motifs is 1. The summed E-state index contributed by atoms with van der Waals surface area (Å²) in [6.45, 7) is 1.13. The largest absolute Gasteiger partial charge is 0.350 e. The van der Waals surface area contributed by atoms with Crippen LogP contribution in [-0.4, -0.2) is 27.0 Å². The highest BCUT2D eigenvalue weighted by molar-refractivity contribution is 9.10. The maximum absolute atomic E-state index is 12.4. The molecule has 0 atom stereocenters. The van der Waals surface area contributed by atoms with Crippen molar-refractivity contribution in [1.82, 2.24) is 19.9 Å². The number of rotatable bonds is 7. The molecule has 0 unspecified atom stereocenters. The number of nitrogens with zero attached hydrogens (tertiary/aromatic N) is 3. The third kappa shape index (κ3) is 4.71. The van der Waals surface area contributed by atoms with Crippen LogP contribution >= 0.6 is 15.9 Å². The molecule has 4 rings (SSSR count). The van der Waals surface area contributed by atoms with Gasteiger partial charge in [-0.25, -0.2) is 9.97 Å². The molecule has 29 heavy (non-hydrogen) atoms. The number of hydrogen-bond acceptors (Lipinski definition) is 3. The number of aryl methyl sites for hydroxylation is 2. The molecule has 1 amide bonds. The summed E-state index contributed by atoms with van der Waals surface area (Å²) in [7, 11) is 0. The second-order valence-electron chi connectivity index (χ2n) is 6.77. The van der Waals surface area contributed by atoms with Crippen LogP contribution in [0.4, 0.5) is 0 Å². The van der Waals surface area contributed by atoms with Crippen molar-refractivity contribution in [2.75, 3.05) is 6.54 Å². The molecule has 0 aliphatic carbocycles. The van der Waals surface area contributed by atoms with E-state index >= 15 is 0 Å². The zero-order valence-electron chi connectivity index (χ0n) is 15.9. The van der Waals surface area contributed by atoms with Crippen molar-refractivity contribution < 1.29 is 4.79 Å². The lowest BCUT2D eigenvalue weighted by atomic mass is 10.1. The summed E-state index contributed by atoms with van der Waals surface area (Å²) in [4.78, 5) is 21.7. The fourth-order valence-corrected chi connectivity index (χ4v) is 3.58. The number of carbonyl (C=O) groups excluding carboxylic acids is 1. The minimum absolute atomic E-state index is 0.0827. The summed E-state index contributed by atoms with van der Waals surface area (Å²) >= 11 is 3.39. The van der Waals surface area contributed by atoms with Gasteiger partial charge in [0.2, 0.25) is 0 Å². The summed E-state index contributed by atoms with van der Waals surface area (Å²) < 4.78 is 3.06. The number of imidazole rings is 1. The van der Waals surface area contributed by atoms with Gasteiger partial charge in [-0.15, -0.1) is 0 Å². The molecule has 1 N–H and O–H groups in total. The van der Waals surface area contributed by atoms with Crippen molar-refractivity contribution in [2.24, 2.45) is 0 Å². The number of aromatic nitrogens is 3. The molecule has 5 nitrogen and oxygen atoms in total. The first-order valence-corrected chi connectivity index (χ1v) is 10.4. The Morgan fingerprint density at radius 3 is 2.55 bits per heavy atom. The molecule has 0 fully saturated rings. The van der Waals surface area contributed by atoms with Gasteiger partial charge in [0.15, 0.2) is 5.65 Å². The Kier molecular flexibility index (Phi) is 6.00. The monoisotopic (exact) mass is 448 g/mol. The molecule has 4 aromatic rings. The molecule has 146 valence electrons. The average molecular weight is 449 g/mol. The van der Waals surface area contributed by atoms with Crippen molar-refractivity contribution in [3.8, 4) is 0 Å². The maximum Gasteiger partial charge on any atom is 0.251 e. The number of carbonyl (C=O) groups is 1. The Morgan fingerprint density at radius 2 is 1.76 bits per heavy atom. The number of amides is 1. The molecule has 0 aliphatic rings. The Balaban J connectivity index is 1.46. The summed E-state index contributed by atoms with van der Waals surface area (Å²) in [5.74, 6) is 0.904. The second-order valence-corrected chi connectivity index (χ2v) is 7.69. The first-order chi connectivity index (χ1) is 14.2. The van der Waals surface area contributed by atoms with Crippen molar-refractivity contribution in [2.45, 2.75) is 19.4 Å². The number of pyridine rings is 1. The van der Waals surface area contributed by atoms with Gasteiger partial charge >= 0.3 is 0 Å². The number of halogens is 1. The lowest BCUT2D eigenvalue weighted by Gasteiger charge is -2.10. The SMILES string of the molecule is O=C(NCCn1c(CCc2ccccc2)nc2cccnc21)c1ccc(Br)cc1. The van der Waals surface area contributed by atoms with Gasteiger partial charge in [-0.3, -0.25) is 4.79 Å². The van der Waals surface area contributed by atoms with Crippen molar-refractivity contribution in [3.05, 3.63) is 94.4 Å². The van der Waals surface area contributed by atoms with E-state index in [1.54, 1.807) is 18.3 Å². The molecule has 0 aliphatic heterocycles. The summed E-state index contributed by atoms with van der Waals surface area (Å²) in [6, 6.07) is 21.6. The van der Waals surface area contributed by atoms with Crippen LogP contribution in [0.1, 0.15) is 21.7 Å². The van der Waals surface area contributed by atoms with Gasteiger partial charge in [-0.2, -0.15) is 0 Å². The predicted octanol–water partition coefficient (Wildman–Crippen LogP) is 4.41. The van der Waals surface area contributed by atoms with E-state index in [4.69, 9.17) is 4.98 Å². The minimum Gasteiger partial charge on any atom is -0.350 e. The second kappa shape index (κ2) is 9.01. The van der Waals surface area contributed by atoms with Gasteiger partial charge in [-0.05, 0) is 48.4 Å². The van der Waals surface area contributed by atoms with Gasteiger partial charge in [0.1, 0.15) is 11.3 Å². The van der Waals surface area contributed by atoms with Crippen LogP contribution in [0.25, 0.3) is 11.2 Å². The van der Waals surface area contributed by atoms with E-state index < -0.39 is 0 Å². The van der Waals surface area contributed by atoms with E-state index in [0.29, 0.717) is 18.7 Å². The van der Waals surface area contributed by atoms with Crippen molar-refractivity contribution in [1.29, 1.82) is 0 Å². The van der Waals surface area contributed by atoms with Crippen LogP contribution in [0.15, 0.2) is 77.4 Å². The van der Waals surface area contributed by atoms with Crippen LogP contribution in [0.3, 0.4) is 0 Å². The molecule has 0 saturated carbocycles. The van der Waals surface area contributed by atoms with Crippen LogP contribution in [0.5, 0.6) is 0 Å². The maximum atomic E-state index is 12.4. The molecule has 6 heteroatoms. The van der Waals surface area contributed by atoms with E-state index in [1.165, 1.54) is 5.56 Å². The van der Waals surface area contributed by atoms with E-state index in [0.717, 1.165) is 34.3 Å². The van der Waals surface area contributed by atoms with Crippen LogP contribution in [0, 0.1) is 0 Å². The molecule has 0 radical (unpaired) electrons. The Hall–Kier alpha value is -2.99.